The number of halogens is 4. The number of anilines is 3. The van der Waals surface area contributed by atoms with Crippen LogP contribution < -0.4 is 21.6 Å². The number of nitriles is 1. The van der Waals surface area contributed by atoms with Crippen molar-refractivity contribution in [3.63, 3.8) is 0 Å². The molecule has 1 aliphatic heterocycles. The molecule has 0 aliphatic carbocycles. The van der Waals surface area contributed by atoms with Gasteiger partial charge in [0.15, 0.2) is 5.82 Å². The summed E-state index contributed by atoms with van der Waals surface area (Å²) in [6, 6.07) is 12.1. The van der Waals surface area contributed by atoms with E-state index in [0.29, 0.717) is 27.9 Å². The average molecular weight is 599 g/mol. The van der Waals surface area contributed by atoms with Crippen LogP contribution in [0.25, 0.3) is 10.9 Å². The molecule has 13 heteroatoms. The van der Waals surface area contributed by atoms with Crippen molar-refractivity contribution >= 4 is 49.6 Å². The third-order valence-electron chi connectivity index (χ3n) is 6.11. The predicted octanol–water partition coefficient (Wildman–Crippen LogP) is 6.29. The van der Waals surface area contributed by atoms with Gasteiger partial charge in [0.05, 0.1) is 51.3 Å². The van der Waals surface area contributed by atoms with Gasteiger partial charge in [0.1, 0.15) is 11.9 Å². The van der Waals surface area contributed by atoms with Crippen LogP contribution in [0.5, 0.6) is 0 Å². The summed E-state index contributed by atoms with van der Waals surface area (Å²) in [6.45, 7) is 0. The maximum atomic E-state index is 15.1. The fourth-order valence-corrected chi connectivity index (χ4v) is 5.64. The van der Waals surface area contributed by atoms with E-state index in [-0.39, 0.29) is 22.0 Å². The standard InChI is InChI=1S/C28H26ClF3N8S/c1-41(2,3)15-40-14-24(38-39-40)27(19-6-4-5-7-22(19)30)36-17-8-20-25(37-18-10-23(31)28(32)35-13-18)16(11-33)12-34-26(20)21(29)9-17/h4-10,12-14,27,36,38-39H,15H2,1-3H3,(H,34,37)/t27-/m0/s1. The largest absolute Gasteiger partial charge is 0.373 e. The Kier molecular flexibility index (Phi) is 7.86. The Hall–Kier alpha value is -4.18. The fourth-order valence-electron chi connectivity index (χ4n) is 4.40. The van der Waals surface area contributed by atoms with Gasteiger partial charge in [-0.05, 0) is 37.0 Å². The quantitative estimate of drug-likeness (QED) is 0.176. The van der Waals surface area contributed by atoms with Crippen LogP contribution >= 0.6 is 21.6 Å². The van der Waals surface area contributed by atoms with E-state index in [1.807, 2.05) is 11.2 Å². The van der Waals surface area contributed by atoms with Crippen LogP contribution in [0.2, 0.25) is 5.02 Å². The molecular formula is C28H26ClF3N8S. The molecule has 4 aromatic rings. The van der Waals surface area contributed by atoms with Gasteiger partial charge in [-0.15, -0.1) is 5.53 Å². The first-order chi connectivity index (χ1) is 19.5. The SMILES string of the molecule is CS(C)(C)CN1C=C([C@@H](Nc2cc(Cl)c3ncc(C#N)c(Nc4cnc(F)c(F)c4)c3c2)c2ccccc2F)NN1. The summed E-state index contributed by atoms with van der Waals surface area (Å²) in [5.74, 6) is -2.02. The highest BCUT2D eigenvalue weighted by Crippen LogP contribution is 2.38. The number of pyridine rings is 2. The van der Waals surface area contributed by atoms with Gasteiger partial charge in [0.2, 0.25) is 5.95 Å². The van der Waals surface area contributed by atoms with Crippen molar-refractivity contribution in [3.8, 4) is 6.07 Å². The van der Waals surface area contributed by atoms with Crippen LogP contribution in [-0.2, 0) is 0 Å². The van der Waals surface area contributed by atoms with Crippen LogP contribution in [0.4, 0.5) is 30.2 Å². The third-order valence-corrected chi connectivity index (χ3v) is 7.46. The van der Waals surface area contributed by atoms with Gasteiger partial charge in [-0.2, -0.15) is 9.65 Å². The third kappa shape index (κ3) is 6.27. The van der Waals surface area contributed by atoms with E-state index in [1.165, 1.54) is 12.3 Å². The van der Waals surface area contributed by atoms with Crippen molar-refractivity contribution < 1.29 is 13.2 Å². The van der Waals surface area contributed by atoms with Crippen molar-refractivity contribution in [2.45, 2.75) is 6.04 Å². The highest BCUT2D eigenvalue weighted by atomic mass is 35.5. The van der Waals surface area contributed by atoms with Gasteiger partial charge < -0.3 is 16.1 Å². The van der Waals surface area contributed by atoms with Crippen molar-refractivity contribution in [1.29, 1.82) is 5.26 Å². The molecule has 41 heavy (non-hydrogen) atoms. The summed E-state index contributed by atoms with van der Waals surface area (Å²) >= 11 is 6.64. The zero-order chi connectivity index (χ0) is 29.3. The molecule has 3 heterocycles. The average Bonchev–Trinajstić information content (AvgIpc) is 3.37. The molecule has 8 nitrogen and oxygen atoms in total. The van der Waals surface area contributed by atoms with Crippen molar-refractivity contribution in [3.05, 3.63) is 100 Å². The Bertz CT molecular complexity index is 1700. The minimum absolute atomic E-state index is 0.124. The predicted molar refractivity (Wildman–Crippen MR) is 158 cm³/mol. The number of nitrogens with zero attached hydrogens (tertiary/aromatic N) is 4. The van der Waals surface area contributed by atoms with Gasteiger partial charge in [-0.1, -0.05) is 29.8 Å². The van der Waals surface area contributed by atoms with Crippen molar-refractivity contribution in [2.24, 2.45) is 0 Å². The minimum Gasteiger partial charge on any atom is -0.373 e. The number of hydrogen-bond acceptors (Lipinski definition) is 8. The Morgan fingerprint density at radius 3 is 2.54 bits per heavy atom. The molecule has 5 rings (SSSR count). The van der Waals surface area contributed by atoms with Crippen LogP contribution in [0.1, 0.15) is 17.2 Å². The highest BCUT2D eigenvalue weighted by Gasteiger charge is 2.26. The smallest absolute Gasteiger partial charge is 0.249 e. The number of hydrogen-bond donors (Lipinski definition) is 4. The van der Waals surface area contributed by atoms with E-state index in [2.05, 4.69) is 56.4 Å². The van der Waals surface area contributed by atoms with Crippen LogP contribution in [0.15, 0.2) is 66.8 Å². The highest BCUT2D eigenvalue weighted by molar-refractivity contribution is 8.32. The number of fused-ring (bicyclic) bond motifs is 1. The molecule has 1 aliphatic rings. The first-order valence-electron chi connectivity index (χ1n) is 12.3. The molecule has 0 fully saturated rings. The van der Waals surface area contributed by atoms with Crippen LogP contribution in [0, 0.1) is 28.9 Å². The molecule has 0 unspecified atom stereocenters. The molecule has 1 atom stereocenters. The zero-order valence-electron chi connectivity index (χ0n) is 22.3. The summed E-state index contributed by atoms with van der Waals surface area (Å²) in [5.41, 5.74) is 8.75. The Morgan fingerprint density at radius 2 is 1.83 bits per heavy atom. The van der Waals surface area contributed by atoms with Crippen LogP contribution in [0.3, 0.4) is 0 Å². The summed E-state index contributed by atoms with van der Waals surface area (Å²) in [4.78, 5) is 7.73. The van der Waals surface area contributed by atoms with E-state index >= 15 is 4.39 Å². The minimum atomic E-state index is -1.24. The van der Waals surface area contributed by atoms with E-state index in [1.54, 1.807) is 30.3 Å². The second-order valence-electron chi connectivity index (χ2n) is 10.2. The second-order valence-corrected chi connectivity index (χ2v) is 15.1. The molecule has 0 bridgehead atoms. The van der Waals surface area contributed by atoms with E-state index in [4.69, 9.17) is 11.6 Å². The molecule has 0 saturated carbocycles. The monoisotopic (exact) mass is 598 g/mol. The number of aromatic nitrogens is 2. The molecule has 2 aromatic heterocycles. The maximum Gasteiger partial charge on any atom is 0.249 e. The normalized spacial score (nSPS) is 14.3. The summed E-state index contributed by atoms with van der Waals surface area (Å²) in [7, 11) is -0.883. The number of benzene rings is 2. The lowest BCUT2D eigenvalue weighted by Crippen LogP contribution is -2.39. The molecule has 212 valence electrons. The summed E-state index contributed by atoms with van der Waals surface area (Å²) in [6.07, 6.45) is 10.9. The molecule has 4 N–H and O–H groups in total. The van der Waals surface area contributed by atoms with Gasteiger partial charge in [-0.3, -0.25) is 9.99 Å². The summed E-state index contributed by atoms with van der Waals surface area (Å²) in [5, 5.41) is 18.7. The molecule has 0 saturated heterocycles. The number of rotatable bonds is 8. The molecule has 2 aromatic carbocycles. The Balaban J connectivity index is 1.58. The van der Waals surface area contributed by atoms with Crippen LogP contribution in [-0.4, -0.2) is 39.6 Å². The number of hydrazine groups is 2. The molecule has 0 spiro atoms. The molecule has 0 amide bonds. The Morgan fingerprint density at radius 1 is 1.05 bits per heavy atom. The topological polar surface area (TPSA) is 101 Å². The Labute approximate surface area is 241 Å². The van der Waals surface area contributed by atoms with E-state index < -0.39 is 33.7 Å². The fraction of sp³-hybridized carbons (Fsp3) is 0.179. The molecule has 0 radical (unpaired) electrons. The van der Waals surface area contributed by atoms with Crippen molar-refractivity contribution in [2.75, 3.05) is 35.3 Å². The zero-order valence-corrected chi connectivity index (χ0v) is 23.8. The lowest BCUT2D eigenvalue weighted by atomic mass is 10.0. The van der Waals surface area contributed by atoms with Gasteiger partial charge in [0, 0.05) is 35.1 Å². The van der Waals surface area contributed by atoms with E-state index in [9.17, 15) is 14.0 Å². The lowest BCUT2D eigenvalue weighted by Gasteiger charge is -2.30. The lowest BCUT2D eigenvalue weighted by molar-refractivity contribution is 0.312. The first-order valence-corrected chi connectivity index (χ1v) is 15.7. The summed E-state index contributed by atoms with van der Waals surface area (Å²) < 4.78 is 42.4. The maximum absolute atomic E-state index is 15.1. The second kappa shape index (κ2) is 11.4. The molecular weight excluding hydrogens is 573 g/mol. The first kappa shape index (κ1) is 28.4. The van der Waals surface area contributed by atoms with Crippen molar-refractivity contribution in [1.82, 2.24) is 25.9 Å². The van der Waals surface area contributed by atoms with Gasteiger partial charge in [-0.25, -0.2) is 23.8 Å². The number of nitrogens with one attached hydrogen (secondary N) is 4. The van der Waals surface area contributed by atoms with Gasteiger partial charge >= 0.3 is 0 Å². The van der Waals surface area contributed by atoms with Gasteiger partial charge in [0.25, 0.3) is 0 Å². The van der Waals surface area contributed by atoms with E-state index in [0.717, 1.165) is 18.1 Å².